The summed E-state index contributed by atoms with van der Waals surface area (Å²) in [5.41, 5.74) is 0.628. The van der Waals surface area contributed by atoms with Gasteiger partial charge in [-0.25, -0.2) is 9.18 Å². The number of fused-ring (bicyclic) bond motifs is 3. The Morgan fingerprint density at radius 3 is 3.09 bits per heavy atom. The smallest absolute Gasteiger partial charge is 0.350 e. The molecule has 2 aliphatic rings. The Bertz CT molecular complexity index is 881. The number of anilines is 1. The number of halogens is 1. The van der Waals surface area contributed by atoms with Crippen LogP contribution in [0.4, 0.5) is 10.2 Å². The third-order valence-electron chi connectivity index (χ3n) is 4.10. The van der Waals surface area contributed by atoms with Crippen molar-refractivity contribution in [3.05, 3.63) is 57.9 Å². The summed E-state index contributed by atoms with van der Waals surface area (Å²) in [5, 5.41) is 0. The van der Waals surface area contributed by atoms with E-state index in [-0.39, 0.29) is 17.5 Å². The van der Waals surface area contributed by atoms with Gasteiger partial charge >= 0.3 is 5.69 Å². The summed E-state index contributed by atoms with van der Waals surface area (Å²) in [6, 6.07) is 8.10. The van der Waals surface area contributed by atoms with Gasteiger partial charge in [0.1, 0.15) is 24.1 Å². The second-order valence-electron chi connectivity index (χ2n) is 5.60. The highest BCUT2D eigenvalue weighted by atomic mass is 19.1. The summed E-state index contributed by atoms with van der Waals surface area (Å²) in [4.78, 5) is 18.3. The van der Waals surface area contributed by atoms with Gasteiger partial charge in [-0.05, 0) is 30.5 Å². The molecule has 0 amide bonds. The van der Waals surface area contributed by atoms with Gasteiger partial charge in [-0.3, -0.25) is 4.57 Å². The first-order chi connectivity index (χ1) is 11.2. The molecule has 4 rings (SSSR count). The Kier molecular flexibility index (Phi) is 3.36. The van der Waals surface area contributed by atoms with Gasteiger partial charge in [0.05, 0.1) is 12.6 Å². The molecule has 0 aliphatic carbocycles. The summed E-state index contributed by atoms with van der Waals surface area (Å²) < 4.78 is 20.3. The van der Waals surface area contributed by atoms with Crippen molar-refractivity contribution in [2.75, 3.05) is 18.2 Å². The molecule has 1 fully saturated rings. The fourth-order valence-corrected chi connectivity index (χ4v) is 2.97. The number of hydrogen-bond donors (Lipinski definition) is 0. The summed E-state index contributed by atoms with van der Waals surface area (Å²) >= 11 is 0. The predicted molar refractivity (Wildman–Crippen MR) is 82.6 cm³/mol. The Labute approximate surface area is 132 Å². The average molecular weight is 311 g/mol. The van der Waals surface area contributed by atoms with Crippen molar-refractivity contribution in [3.8, 4) is 11.8 Å². The predicted octanol–water partition coefficient (Wildman–Crippen LogP) is 1.35. The molecule has 5 nitrogen and oxygen atoms in total. The molecule has 1 atom stereocenters. The molecular formula is C17H14FN3O2. The number of hydrogen-bond acceptors (Lipinski definition) is 4. The molecule has 0 unspecified atom stereocenters. The highest BCUT2D eigenvalue weighted by Gasteiger charge is 2.32. The molecule has 2 aromatic rings. The summed E-state index contributed by atoms with van der Waals surface area (Å²) in [5.74, 6) is 6.14. The van der Waals surface area contributed by atoms with Crippen LogP contribution in [0.25, 0.3) is 0 Å². The van der Waals surface area contributed by atoms with Gasteiger partial charge in [0.15, 0.2) is 0 Å². The lowest BCUT2D eigenvalue weighted by molar-refractivity contribution is 0.0904. The standard InChI is InChI=1S/C17H14FN3O2/c18-13-3-1-2-12(8-13)4-5-14-9-16-20(17(22)19-14)10-15-6-7-23-11-21(15)16/h1-3,8-9,15H,6-7,10-11H2/t15-/m1/s1. The number of aromatic nitrogens is 2. The van der Waals surface area contributed by atoms with Crippen LogP contribution in [0.3, 0.4) is 0 Å². The van der Waals surface area contributed by atoms with Crippen molar-refractivity contribution in [2.24, 2.45) is 0 Å². The summed E-state index contributed by atoms with van der Waals surface area (Å²) in [6.45, 7) is 1.83. The maximum Gasteiger partial charge on any atom is 0.350 e. The molecule has 23 heavy (non-hydrogen) atoms. The fourth-order valence-electron chi connectivity index (χ4n) is 2.97. The maximum absolute atomic E-state index is 13.2. The molecule has 1 saturated heterocycles. The number of ether oxygens (including phenoxy) is 1. The van der Waals surface area contributed by atoms with Crippen LogP contribution in [-0.4, -0.2) is 28.9 Å². The molecule has 116 valence electrons. The van der Waals surface area contributed by atoms with Crippen LogP contribution < -0.4 is 10.6 Å². The van der Waals surface area contributed by atoms with Crippen molar-refractivity contribution in [3.63, 3.8) is 0 Å². The zero-order valence-electron chi connectivity index (χ0n) is 12.3. The van der Waals surface area contributed by atoms with E-state index < -0.39 is 0 Å². The minimum Gasteiger partial charge on any atom is -0.361 e. The SMILES string of the molecule is O=c1nc(C#Cc2cccc(F)c2)cc2n1C[C@H]1CCOCN21. The third kappa shape index (κ3) is 2.60. The van der Waals surface area contributed by atoms with Crippen LogP contribution in [-0.2, 0) is 11.3 Å². The van der Waals surface area contributed by atoms with Gasteiger partial charge in [0.2, 0.25) is 0 Å². The van der Waals surface area contributed by atoms with E-state index in [0.29, 0.717) is 31.1 Å². The van der Waals surface area contributed by atoms with E-state index in [1.807, 2.05) is 0 Å². The van der Waals surface area contributed by atoms with Crippen LogP contribution in [0.1, 0.15) is 17.7 Å². The molecule has 0 spiro atoms. The first-order valence-electron chi connectivity index (χ1n) is 7.44. The first-order valence-corrected chi connectivity index (χ1v) is 7.44. The molecule has 3 heterocycles. The van der Waals surface area contributed by atoms with Crippen LogP contribution in [0.5, 0.6) is 0 Å². The second-order valence-corrected chi connectivity index (χ2v) is 5.60. The van der Waals surface area contributed by atoms with Crippen molar-refractivity contribution < 1.29 is 9.13 Å². The van der Waals surface area contributed by atoms with E-state index >= 15 is 0 Å². The van der Waals surface area contributed by atoms with Gasteiger partial charge in [0, 0.05) is 18.2 Å². The molecule has 0 bridgehead atoms. The van der Waals surface area contributed by atoms with E-state index in [2.05, 4.69) is 21.7 Å². The van der Waals surface area contributed by atoms with E-state index in [4.69, 9.17) is 4.74 Å². The van der Waals surface area contributed by atoms with Gasteiger partial charge in [0.25, 0.3) is 0 Å². The number of nitrogens with zero attached hydrogens (tertiary/aromatic N) is 3. The normalized spacial score (nSPS) is 18.8. The summed E-state index contributed by atoms with van der Waals surface area (Å²) in [6.07, 6.45) is 0.894. The summed E-state index contributed by atoms with van der Waals surface area (Å²) in [7, 11) is 0. The zero-order chi connectivity index (χ0) is 15.8. The van der Waals surface area contributed by atoms with Crippen molar-refractivity contribution >= 4 is 5.82 Å². The largest absolute Gasteiger partial charge is 0.361 e. The topological polar surface area (TPSA) is 47.4 Å². The van der Waals surface area contributed by atoms with Gasteiger partial charge in [-0.15, -0.1) is 0 Å². The lowest BCUT2D eigenvalue weighted by atomic mass is 10.2. The quantitative estimate of drug-likeness (QED) is 0.689. The highest BCUT2D eigenvalue weighted by molar-refractivity contribution is 5.50. The van der Waals surface area contributed by atoms with Crippen molar-refractivity contribution in [1.82, 2.24) is 9.55 Å². The van der Waals surface area contributed by atoms with Gasteiger partial charge in [-0.1, -0.05) is 12.0 Å². The zero-order valence-corrected chi connectivity index (χ0v) is 12.3. The third-order valence-corrected chi connectivity index (χ3v) is 4.10. The van der Waals surface area contributed by atoms with Crippen LogP contribution in [0, 0.1) is 17.7 Å². The molecule has 1 aromatic heterocycles. The highest BCUT2D eigenvalue weighted by Crippen LogP contribution is 2.28. The maximum atomic E-state index is 13.2. The van der Waals surface area contributed by atoms with Crippen LogP contribution >= 0.6 is 0 Å². The molecular weight excluding hydrogens is 297 g/mol. The van der Waals surface area contributed by atoms with Crippen molar-refractivity contribution in [2.45, 2.75) is 19.0 Å². The average Bonchev–Trinajstić information content (AvgIpc) is 2.93. The van der Waals surface area contributed by atoms with Crippen molar-refractivity contribution in [1.29, 1.82) is 0 Å². The molecule has 0 saturated carbocycles. The Balaban J connectivity index is 1.70. The van der Waals surface area contributed by atoms with E-state index in [1.165, 1.54) is 12.1 Å². The van der Waals surface area contributed by atoms with E-state index in [0.717, 1.165) is 12.2 Å². The molecule has 6 heteroatoms. The minimum atomic E-state index is -0.341. The molecule has 2 aliphatic heterocycles. The van der Waals surface area contributed by atoms with Gasteiger partial charge < -0.3 is 9.64 Å². The first kappa shape index (κ1) is 14.0. The Morgan fingerprint density at radius 1 is 1.30 bits per heavy atom. The monoisotopic (exact) mass is 311 g/mol. The van der Waals surface area contributed by atoms with E-state index in [9.17, 15) is 9.18 Å². The fraction of sp³-hybridized carbons (Fsp3) is 0.294. The minimum absolute atomic E-state index is 0.282. The van der Waals surface area contributed by atoms with Gasteiger partial charge in [-0.2, -0.15) is 4.98 Å². The molecule has 1 aromatic carbocycles. The van der Waals surface area contributed by atoms with Crippen LogP contribution in [0.2, 0.25) is 0 Å². The lowest BCUT2D eigenvalue weighted by Gasteiger charge is -2.30. The molecule has 0 N–H and O–H groups in total. The second kappa shape index (κ2) is 5.52. The lowest BCUT2D eigenvalue weighted by Crippen LogP contribution is -2.39. The Hall–Kier alpha value is -2.65. The van der Waals surface area contributed by atoms with E-state index in [1.54, 1.807) is 22.8 Å². The van der Waals surface area contributed by atoms with Crippen LogP contribution in [0.15, 0.2) is 35.1 Å². The molecule has 0 radical (unpaired) electrons. The Morgan fingerprint density at radius 2 is 2.22 bits per heavy atom. The number of benzene rings is 1. The number of rotatable bonds is 0.